The molecular formula is C10H12N2O4. The minimum absolute atomic E-state index is 0.0121. The molecule has 0 atom stereocenters. The Bertz CT molecular complexity index is 429. The van der Waals surface area contributed by atoms with Crippen LogP contribution in [-0.4, -0.2) is 16.1 Å². The van der Waals surface area contributed by atoms with E-state index in [1.165, 1.54) is 12.1 Å². The average Bonchev–Trinajstić information content (AvgIpc) is 2.16. The van der Waals surface area contributed by atoms with Crippen LogP contribution in [0.3, 0.4) is 0 Å². The van der Waals surface area contributed by atoms with Gasteiger partial charge in [-0.05, 0) is 17.5 Å². The first-order valence-corrected chi connectivity index (χ1v) is 4.70. The first-order chi connectivity index (χ1) is 7.41. The molecular weight excluding hydrogens is 212 g/mol. The largest absolute Gasteiger partial charge is 0.465 e. The SMILES string of the molecule is CC(C)c1ccc(NC(=O)O)c([N+](=O)[O-])c1. The van der Waals surface area contributed by atoms with Crippen molar-refractivity contribution in [2.75, 3.05) is 5.32 Å². The topological polar surface area (TPSA) is 92.5 Å². The third-order valence-corrected chi connectivity index (χ3v) is 2.13. The highest BCUT2D eigenvalue weighted by molar-refractivity contribution is 5.86. The van der Waals surface area contributed by atoms with Crippen LogP contribution in [-0.2, 0) is 0 Å². The van der Waals surface area contributed by atoms with E-state index in [9.17, 15) is 14.9 Å². The molecule has 1 amide bonds. The Morgan fingerprint density at radius 1 is 1.50 bits per heavy atom. The lowest BCUT2D eigenvalue weighted by Gasteiger charge is -2.07. The number of anilines is 1. The normalized spacial score (nSPS) is 10.2. The van der Waals surface area contributed by atoms with Crippen molar-refractivity contribution in [3.63, 3.8) is 0 Å². The molecule has 16 heavy (non-hydrogen) atoms. The molecule has 0 aromatic heterocycles. The van der Waals surface area contributed by atoms with Gasteiger partial charge in [0.1, 0.15) is 5.69 Å². The fourth-order valence-electron chi connectivity index (χ4n) is 1.28. The summed E-state index contributed by atoms with van der Waals surface area (Å²) in [6.45, 7) is 3.81. The number of amides is 1. The van der Waals surface area contributed by atoms with Gasteiger partial charge in [0.25, 0.3) is 5.69 Å². The summed E-state index contributed by atoms with van der Waals surface area (Å²) in [6, 6.07) is 4.46. The number of hydrogen-bond acceptors (Lipinski definition) is 3. The van der Waals surface area contributed by atoms with Crippen LogP contribution in [0.4, 0.5) is 16.2 Å². The smallest absolute Gasteiger partial charge is 0.409 e. The third-order valence-electron chi connectivity index (χ3n) is 2.13. The van der Waals surface area contributed by atoms with E-state index in [2.05, 4.69) is 0 Å². The van der Waals surface area contributed by atoms with Crippen LogP contribution in [0.25, 0.3) is 0 Å². The second-order valence-electron chi connectivity index (χ2n) is 3.62. The van der Waals surface area contributed by atoms with Gasteiger partial charge >= 0.3 is 6.09 Å². The number of nitrogens with one attached hydrogen (secondary N) is 1. The maximum atomic E-state index is 10.8. The number of benzene rings is 1. The molecule has 0 fully saturated rings. The van der Waals surface area contributed by atoms with Crippen LogP contribution in [0.2, 0.25) is 0 Å². The lowest BCUT2D eigenvalue weighted by atomic mass is 10.0. The molecule has 0 saturated heterocycles. The molecule has 2 N–H and O–H groups in total. The minimum Gasteiger partial charge on any atom is -0.465 e. The van der Waals surface area contributed by atoms with Crippen LogP contribution in [0.15, 0.2) is 18.2 Å². The highest BCUT2D eigenvalue weighted by Crippen LogP contribution is 2.28. The number of carboxylic acid groups (broad SMARTS) is 1. The van der Waals surface area contributed by atoms with Crippen LogP contribution in [0, 0.1) is 10.1 Å². The molecule has 6 heteroatoms. The lowest BCUT2D eigenvalue weighted by Crippen LogP contribution is -2.09. The first kappa shape index (κ1) is 12.0. The van der Waals surface area contributed by atoms with Crippen LogP contribution >= 0.6 is 0 Å². The van der Waals surface area contributed by atoms with E-state index in [1.54, 1.807) is 6.07 Å². The molecule has 0 spiro atoms. The van der Waals surface area contributed by atoms with Gasteiger partial charge in [-0.2, -0.15) is 0 Å². The maximum Gasteiger partial charge on any atom is 0.409 e. The number of hydrogen-bond donors (Lipinski definition) is 2. The summed E-state index contributed by atoms with van der Waals surface area (Å²) in [5, 5.41) is 21.3. The zero-order chi connectivity index (χ0) is 12.3. The second kappa shape index (κ2) is 4.61. The van der Waals surface area contributed by atoms with Crippen molar-refractivity contribution in [3.8, 4) is 0 Å². The molecule has 0 aliphatic carbocycles. The van der Waals surface area contributed by atoms with Gasteiger partial charge in [0.2, 0.25) is 0 Å². The maximum absolute atomic E-state index is 10.8. The molecule has 0 radical (unpaired) electrons. The number of nitrogens with zero attached hydrogens (tertiary/aromatic N) is 1. The van der Waals surface area contributed by atoms with Gasteiger partial charge < -0.3 is 5.11 Å². The summed E-state index contributed by atoms with van der Waals surface area (Å²) in [5.41, 5.74) is 0.554. The van der Waals surface area contributed by atoms with Gasteiger partial charge in [0.15, 0.2) is 0 Å². The van der Waals surface area contributed by atoms with E-state index < -0.39 is 11.0 Å². The monoisotopic (exact) mass is 224 g/mol. The minimum atomic E-state index is -1.32. The van der Waals surface area contributed by atoms with Gasteiger partial charge in [-0.15, -0.1) is 0 Å². The molecule has 0 aliphatic heterocycles. The number of nitro benzene ring substituents is 1. The van der Waals surface area contributed by atoms with Crippen molar-refractivity contribution in [2.45, 2.75) is 19.8 Å². The van der Waals surface area contributed by atoms with E-state index in [-0.39, 0.29) is 17.3 Å². The van der Waals surface area contributed by atoms with Crippen molar-refractivity contribution in [3.05, 3.63) is 33.9 Å². The van der Waals surface area contributed by atoms with Crippen molar-refractivity contribution in [1.29, 1.82) is 0 Å². The Morgan fingerprint density at radius 2 is 2.12 bits per heavy atom. The number of rotatable bonds is 3. The van der Waals surface area contributed by atoms with Crippen molar-refractivity contribution in [2.24, 2.45) is 0 Å². The zero-order valence-corrected chi connectivity index (χ0v) is 8.93. The number of carbonyl (C=O) groups is 1. The Morgan fingerprint density at radius 3 is 2.56 bits per heavy atom. The van der Waals surface area contributed by atoms with Crippen molar-refractivity contribution in [1.82, 2.24) is 0 Å². The second-order valence-corrected chi connectivity index (χ2v) is 3.62. The predicted molar refractivity (Wildman–Crippen MR) is 58.8 cm³/mol. The Kier molecular flexibility index (Phi) is 3.44. The summed E-state index contributed by atoms with van der Waals surface area (Å²) in [4.78, 5) is 20.6. The molecule has 6 nitrogen and oxygen atoms in total. The Hall–Kier alpha value is -2.11. The van der Waals surface area contributed by atoms with Gasteiger partial charge in [-0.25, -0.2) is 4.79 Å². The molecule has 0 saturated carbocycles. The Balaban J connectivity index is 3.19. The average molecular weight is 224 g/mol. The molecule has 1 aromatic rings. The molecule has 0 aliphatic rings. The molecule has 1 rings (SSSR count). The first-order valence-electron chi connectivity index (χ1n) is 4.70. The highest BCUT2D eigenvalue weighted by Gasteiger charge is 2.17. The molecule has 1 aromatic carbocycles. The van der Waals surface area contributed by atoms with Crippen molar-refractivity contribution < 1.29 is 14.8 Å². The van der Waals surface area contributed by atoms with E-state index >= 15 is 0 Å². The van der Waals surface area contributed by atoms with Crippen LogP contribution < -0.4 is 5.32 Å². The van der Waals surface area contributed by atoms with Gasteiger partial charge in [-0.3, -0.25) is 15.4 Å². The highest BCUT2D eigenvalue weighted by atomic mass is 16.6. The fourth-order valence-corrected chi connectivity index (χ4v) is 1.28. The van der Waals surface area contributed by atoms with Crippen molar-refractivity contribution >= 4 is 17.5 Å². The standard InChI is InChI=1S/C10H12N2O4/c1-6(2)7-3-4-8(11-10(13)14)9(5-7)12(15)16/h3-6,11H,1-2H3,(H,13,14). The van der Waals surface area contributed by atoms with E-state index in [0.29, 0.717) is 0 Å². The molecule has 0 unspecified atom stereocenters. The van der Waals surface area contributed by atoms with Gasteiger partial charge in [0.05, 0.1) is 4.92 Å². The predicted octanol–water partition coefficient (Wildman–Crippen LogP) is 2.81. The molecule has 0 bridgehead atoms. The van der Waals surface area contributed by atoms with E-state index in [4.69, 9.17) is 5.11 Å². The van der Waals surface area contributed by atoms with Gasteiger partial charge in [-0.1, -0.05) is 19.9 Å². The summed E-state index contributed by atoms with van der Waals surface area (Å²) in [7, 11) is 0. The number of nitro groups is 1. The summed E-state index contributed by atoms with van der Waals surface area (Å²) >= 11 is 0. The van der Waals surface area contributed by atoms with Gasteiger partial charge in [0, 0.05) is 6.07 Å². The fraction of sp³-hybridized carbons (Fsp3) is 0.300. The quantitative estimate of drug-likeness (QED) is 0.609. The third kappa shape index (κ3) is 2.69. The van der Waals surface area contributed by atoms with E-state index in [0.717, 1.165) is 5.56 Å². The zero-order valence-electron chi connectivity index (χ0n) is 8.93. The summed E-state index contributed by atoms with van der Waals surface area (Å²) in [6.07, 6.45) is -1.32. The molecule has 86 valence electrons. The summed E-state index contributed by atoms with van der Waals surface area (Å²) < 4.78 is 0. The Labute approximate surface area is 92.0 Å². The summed E-state index contributed by atoms with van der Waals surface area (Å²) in [5.74, 6) is 0.151. The van der Waals surface area contributed by atoms with Crippen LogP contribution in [0.5, 0.6) is 0 Å². The lowest BCUT2D eigenvalue weighted by molar-refractivity contribution is -0.384. The van der Waals surface area contributed by atoms with E-state index in [1.807, 2.05) is 19.2 Å². The molecule has 0 heterocycles. The van der Waals surface area contributed by atoms with Crippen LogP contribution in [0.1, 0.15) is 25.3 Å².